The first-order valence-electron chi connectivity index (χ1n) is 6.41. The van der Waals surface area contributed by atoms with Gasteiger partial charge in [0, 0.05) is 13.8 Å². The molecule has 0 amide bonds. The van der Waals surface area contributed by atoms with Crippen LogP contribution in [0.15, 0.2) is 12.2 Å². The highest BCUT2D eigenvalue weighted by Crippen LogP contribution is 2.20. The van der Waals surface area contributed by atoms with Crippen LogP contribution in [-0.2, 0) is 32.5 Å². The average Bonchev–Trinajstić information content (AvgIpc) is 2.25. The van der Waals surface area contributed by atoms with Gasteiger partial charge in [-0.15, -0.1) is 0 Å². The van der Waals surface area contributed by atoms with Crippen molar-refractivity contribution >= 4 is 32.5 Å². The lowest BCUT2D eigenvalue weighted by Crippen LogP contribution is -2.49. The molecule has 7 nitrogen and oxygen atoms in total. The molecule has 0 aromatic rings. The summed E-state index contributed by atoms with van der Waals surface area (Å²) in [5.41, 5.74) is 0.203. The van der Waals surface area contributed by atoms with Crippen molar-refractivity contribution in [1.82, 2.24) is 0 Å². The third kappa shape index (κ3) is 7.40. The molecule has 0 aromatic carbocycles. The van der Waals surface area contributed by atoms with Crippen molar-refractivity contribution in [3.05, 3.63) is 12.2 Å². The molecule has 0 atom stereocenters. The summed E-state index contributed by atoms with van der Waals surface area (Å²) in [7, 11) is -3.82. The third-order valence-corrected chi connectivity index (χ3v) is 5.05. The third-order valence-electron chi connectivity index (χ3n) is 2.20. The number of allylic oxidation sites excluding steroid dienone is 1. The monoisotopic (exact) mass is 316 g/mol. The lowest BCUT2D eigenvalue weighted by molar-refractivity contribution is -0.149. The maximum Gasteiger partial charge on any atom is 0.705 e. The van der Waals surface area contributed by atoms with Crippen LogP contribution in [0.5, 0.6) is 0 Å². The van der Waals surface area contributed by atoms with Gasteiger partial charge in [-0.25, -0.2) is 0 Å². The van der Waals surface area contributed by atoms with Gasteiger partial charge in [0.05, 0.1) is 6.04 Å². The summed E-state index contributed by atoms with van der Waals surface area (Å²) in [6.45, 7) is 8.87. The molecule has 0 bridgehead atoms. The number of hydrogen-bond donors (Lipinski definition) is 0. The SMILES string of the molecule is C=C(C)C(=O)CC(=O)O[Si](CCC)(OC(C)=O)OC(C)=O. The fraction of sp³-hybridized carbons (Fsp3) is 0.538. The minimum absolute atomic E-state index is 0.0964. The van der Waals surface area contributed by atoms with Crippen molar-refractivity contribution in [2.75, 3.05) is 0 Å². The van der Waals surface area contributed by atoms with Crippen LogP contribution in [0, 0.1) is 0 Å². The predicted octanol–water partition coefficient (Wildman–Crippen LogP) is 1.54. The molecule has 0 aliphatic carbocycles. The quantitative estimate of drug-likeness (QED) is 0.380. The van der Waals surface area contributed by atoms with Gasteiger partial charge >= 0.3 is 14.8 Å². The van der Waals surface area contributed by atoms with Crippen LogP contribution in [0.3, 0.4) is 0 Å². The molecule has 8 heteroatoms. The number of carbonyl (C=O) groups excluding carboxylic acids is 4. The molecule has 0 heterocycles. The zero-order chi connectivity index (χ0) is 16.6. The van der Waals surface area contributed by atoms with E-state index in [9.17, 15) is 19.2 Å². The minimum atomic E-state index is -3.82. The van der Waals surface area contributed by atoms with E-state index in [1.54, 1.807) is 6.92 Å². The van der Waals surface area contributed by atoms with Crippen LogP contribution in [0.2, 0.25) is 6.04 Å². The second-order valence-corrected chi connectivity index (χ2v) is 6.95. The van der Waals surface area contributed by atoms with E-state index in [0.717, 1.165) is 13.8 Å². The lowest BCUT2D eigenvalue weighted by atomic mass is 10.2. The van der Waals surface area contributed by atoms with Crippen LogP contribution in [-0.4, -0.2) is 32.5 Å². The van der Waals surface area contributed by atoms with Gasteiger partial charge in [0.1, 0.15) is 6.42 Å². The van der Waals surface area contributed by atoms with Crippen molar-refractivity contribution in [3.8, 4) is 0 Å². The van der Waals surface area contributed by atoms with Gasteiger partial charge < -0.3 is 13.3 Å². The second-order valence-electron chi connectivity index (χ2n) is 4.47. The Kier molecular flexibility index (Phi) is 7.57. The van der Waals surface area contributed by atoms with Crippen molar-refractivity contribution < 1.29 is 32.5 Å². The molecule has 0 rings (SSSR count). The molecular formula is C13H20O7Si. The summed E-state index contributed by atoms with van der Waals surface area (Å²) in [4.78, 5) is 45.6. The molecule has 21 heavy (non-hydrogen) atoms. The zero-order valence-corrected chi connectivity index (χ0v) is 13.7. The van der Waals surface area contributed by atoms with Gasteiger partial charge in [0.25, 0.3) is 11.9 Å². The van der Waals surface area contributed by atoms with E-state index < -0.39 is 38.9 Å². The molecule has 0 aromatic heterocycles. The summed E-state index contributed by atoms with van der Waals surface area (Å²) in [5, 5.41) is 0. The van der Waals surface area contributed by atoms with Crippen molar-refractivity contribution in [2.45, 2.75) is 46.6 Å². The highest BCUT2D eigenvalue weighted by molar-refractivity contribution is 6.65. The molecule has 0 saturated carbocycles. The first kappa shape index (κ1) is 19.0. The van der Waals surface area contributed by atoms with Crippen LogP contribution in [0.25, 0.3) is 0 Å². The summed E-state index contributed by atoms with van der Waals surface area (Å²) >= 11 is 0. The normalized spacial score (nSPS) is 10.5. The largest absolute Gasteiger partial charge is 0.705 e. The van der Waals surface area contributed by atoms with E-state index in [4.69, 9.17) is 13.3 Å². The summed E-state index contributed by atoms with van der Waals surface area (Å²) in [5.74, 6) is -2.86. The maximum atomic E-state index is 11.8. The molecule has 0 aliphatic rings. The van der Waals surface area contributed by atoms with E-state index in [2.05, 4.69) is 6.58 Å². The highest BCUT2D eigenvalue weighted by Gasteiger charge is 2.51. The molecule has 0 saturated heterocycles. The van der Waals surface area contributed by atoms with E-state index in [1.807, 2.05) is 0 Å². The Morgan fingerprint density at radius 3 is 1.76 bits per heavy atom. The Hall–Kier alpha value is -1.96. The van der Waals surface area contributed by atoms with Gasteiger partial charge in [-0.1, -0.05) is 13.5 Å². The molecule has 0 radical (unpaired) electrons. The number of carbonyl (C=O) groups is 4. The van der Waals surface area contributed by atoms with Crippen molar-refractivity contribution in [2.24, 2.45) is 0 Å². The first-order valence-corrected chi connectivity index (χ1v) is 8.34. The number of hydrogen-bond acceptors (Lipinski definition) is 7. The fourth-order valence-corrected chi connectivity index (χ4v) is 3.79. The minimum Gasteiger partial charge on any atom is -0.455 e. The standard InChI is InChI=1S/C13H20O7Si/c1-6-7-21(18-10(4)14,19-11(5)15)20-13(17)8-12(16)9(2)3/h2,6-8H2,1,3-5H3. The van der Waals surface area contributed by atoms with Gasteiger partial charge in [-0.05, 0) is 18.9 Å². The highest BCUT2D eigenvalue weighted by atomic mass is 28.4. The van der Waals surface area contributed by atoms with Gasteiger partial charge in [0.2, 0.25) is 0 Å². The van der Waals surface area contributed by atoms with Crippen LogP contribution >= 0.6 is 0 Å². The Morgan fingerprint density at radius 1 is 0.952 bits per heavy atom. The predicted molar refractivity (Wildman–Crippen MR) is 74.9 cm³/mol. The molecule has 118 valence electrons. The van der Waals surface area contributed by atoms with Crippen molar-refractivity contribution in [1.29, 1.82) is 0 Å². The Labute approximate surface area is 124 Å². The smallest absolute Gasteiger partial charge is 0.455 e. The number of ketones is 1. The van der Waals surface area contributed by atoms with Crippen LogP contribution < -0.4 is 0 Å². The first-order chi connectivity index (χ1) is 9.61. The maximum absolute atomic E-state index is 11.8. The van der Waals surface area contributed by atoms with E-state index in [0.29, 0.717) is 6.42 Å². The molecule has 0 spiro atoms. The van der Waals surface area contributed by atoms with E-state index >= 15 is 0 Å². The lowest BCUT2D eigenvalue weighted by Gasteiger charge is -2.26. The average molecular weight is 316 g/mol. The summed E-state index contributed by atoms with van der Waals surface area (Å²) < 4.78 is 15.0. The number of Topliss-reactive ketones (excluding diaryl/α,β-unsaturated/α-hetero) is 1. The zero-order valence-electron chi connectivity index (χ0n) is 12.7. The Morgan fingerprint density at radius 2 is 1.43 bits per heavy atom. The summed E-state index contributed by atoms with van der Waals surface area (Å²) in [6.07, 6.45) is -0.0785. The molecular weight excluding hydrogens is 296 g/mol. The molecule has 0 aliphatic heterocycles. The van der Waals surface area contributed by atoms with Crippen LogP contribution in [0.1, 0.15) is 40.5 Å². The van der Waals surface area contributed by atoms with Gasteiger partial charge in [-0.2, -0.15) is 0 Å². The van der Waals surface area contributed by atoms with Crippen molar-refractivity contribution in [3.63, 3.8) is 0 Å². The number of rotatable bonds is 8. The molecule has 0 N–H and O–H groups in total. The topological polar surface area (TPSA) is 96.0 Å². The molecule has 0 unspecified atom stereocenters. The fourth-order valence-electron chi connectivity index (χ4n) is 1.45. The van der Waals surface area contributed by atoms with E-state index in [1.165, 1.54) is 6.92 Å². The Bertz CT molecular complexity index is 439. The molecule has 0 fully saturated rings. The van der Waals surface area contributed by atoms with E-state index in [-0.39, 0.29) is 11.6 Å². The van der Waals surface area contributed by atoms with Crippen LogP contribution in [0.4, 0.5) is 0 Å². The van der Waals surface area contributed by atoms with Gasteiger partial charge in [-0.3, -0.25) is 19.2 Å². The summed E-state index contributed by atoms with van der Waals surface area (Å²) in [6, 6.07) is 0.0964. The Balaban J connectivity index is 5.13. The second kappa shape index (κ2) is 8.35. The van der Waals surface area contributed by atoms with Gasteiger partial charge in [0.15, 0.2) is 5.78 Å².